The van der Waals surface area contributed by atoms with Crippen LogP contribution in [0.3, 0.4) is 0 Å². The minimum atomic E-state index is -4.29. The highest BCUT2D eigenvalue weighted by atomic mass is 32.2. The largest absolute Gasteiger partial charge is 0.486 e. The Balaban J connectivity index is 1.96. The lowest BCUT2D eigenvalue weighted by atomic mass is 9.93. The van der Waals surface area contributed by atoms with Crippen molar-refractivity contribution in [3.63, 3.8) is 0 Å². The van der Waals surface area contributed by atoms with E-state index >= 15 is 0 Å². The fourth-order valence-corrected chi connectivity index (χ4v) is 3.52. The van der Waals surface area contributed by atoms with Crippen molar-refractivity contribution in [3.8, 4) is 11.5 Å². The van der Waals surface area contributed by atoms with Crippen LogP contribution in [0, 0.1) is 6.92 Å². The summed E-state index contributed by atoms with van der Waals surface area (Å²) in [5.74, 6) is 1.05. The normalized spacial score (nSPS) is 18.5. The highest BCUT2D eigenvalue weighted by molar-refractivity contribution is 7.85. The molecule has 3 rings (SSSR count). The summed E-state index contributed by atoms with van der Waals surface area (Å²) in [4.78, 5) is -0.0851. The van der Waals surface area contributed by atoms with Gasteiger partial charge in [0.15, 0.2) is 11.5 Å². The van der Waals surface area contributed by atoms with Gasteiger partial charge in [-0.2, -0.15) is 8.42 Å². The van der Waals surface area contributed by atoms with Crippen molar-refractivity contribution in [1.82, 2.24) is 0 Å². The molecule has 0 saturated heterocycles. The van der Waals surface area contributed by atoms with Crippen molar-refractivity contribution >= 4 is 10.1 Å². The van der Waals surface area contributed by atoms with E-state index in [1.807, 2.05) is 38.1 Å². The minimum absolute atomic E-state index is 0.0851. The Morgan fingerprint density at radius 2 is 1.87 bits per heavy atom. The van der Waals surface area contributed by atoms with E-state index < -0.39 is 10.1 Å². The maximum Gasteiger partial charge on any atom is 0.294 e. The van der Waals surface area contributed by atoms with Gasteiger partial charge < -0.3 is 9.47 Å². The third-order valence-corrected chi connectivity index (χ3v) is 4.95. The van der Waals surface area contributed by atoms with Gasteiger partial charge in [-0.1, -0.05) is 36.8 Å². The van der Waals surface area contributed by atoms with Gasteiger partial charge in [0.05, 0.1) is 4.90 Å². The molecule has 1 aliphatic rings. The Bertz CT molecular complexity index is 829. The maximum atomic E-state index is 11.6. The predicted octanol–water partition coefficient (Wildman–Crippen LogP) is 3.19. The Morgan fingerprint density at radius 3 is 2.57 bits per heavy atom. The molecule has 0 amide bonds. The van der Waals surface area contributed by atoms with Crippen LogP contribution >= 0.6 is 0 Å². The van der Waals surface area contributed by atoms with Crippen molar-refractivity contribution in [2.24, 2.45) is 0 Å². The SMILES string of the molecule is Cc1ccc(S(=O)(=O)O)c(C(C)C2COc3ccccc3O2)c1. The predicted molar refractivity (Wildman–Crippen MR) is 85.8 cm³/mol. The molecule has 2 atom stereocenters. The summed E-state index contributed by atoms with van der Waals surface area (Å²) < 4.78 is 44.4. The number of rotatable bonds is 3. The molecule has 2 unspecified atom stereocenters. The van der Waals surface area contributed by atoms with Crippen molar-refractivity contribution in [2.45, 2.75) is 30.8 Å². The number of hydrogen-bond acceptors (Lipinski definition) is 4. The Kier molecular flexibility index (Phi) is 4.04. The highest BCUT2D eigenvalue weighted by Gasteiger charge is 2.30. The van der Waals surface area contributed by atoms with Crippen LogP contribution in [-0.4, -0.2) is 25.7 Å². The first-order valence-corrected chi connectivity index (χ1v) is 8.77. The van der Waals surface area contributed by atoms with Crippen LogP contribution < -0.4 is 9.47 Å². The van der Waals surface area contributed by atoms with E-state index in [1.165, 1.54) is 6.07 Å². The first-order chi connectivity index (χ1) is 10.9. The number of hydrogen-bond donors (Lipinski definition) is 1. The first kappa shape index (κ1) is 15.8. The van der Waals surface area contributed by atoms with Crippen LogP contribution in [0.5, 0.6) is 11.5 Å². The van der Waals surface area contributed by atoms with Crippen LogP contribution in [0.25, 0.3) is 0 Å². The molecule has 0 spiro atoms. The van der Waals surface area contributed by atoms with E-state index in [1.54, 1.807) is 12.1 Å². The highest BCUT2D eigenvalue weighted by Crippen LogP contribution is 2.36. The Hall–Kier alpha value is -2.05. The van der Waals surface area contributed by atoms with Crippen LogP contribution in [0.1, 0.15) is 24.0 Å². The number of benzene rings is 2. The van der Waals surface area contributed by atoms with E-state index in [0.29, 0.717) is 23.7 Å². The van der Waals surface area contributed by atoms with Crippen molar-refractivity contribution < 1.29 is 22.4 Å². The van der Waals surface area contributed by atoms with Crippen molar-refractivity contribution in [1.29, 1.82) is 0 Å². The second kappa shape index (κ2) is 5.86. The summed E-state index contributed by atoms with van der Waals surface area (Å²) in [6.45, 7) is 4.06. The fourth-order valence-electron chi connectivity index (χ4n) is 2.74. The van der Waals surface area contributed by atoms with Gasteiger partial charge in [-0.15, -0.1) is 0 Å². The number of fused-ring (bicyclic) bond motifs is 1. The average molecular weight is 334 g/mol. The van der Waals surface area contributed by atoms with Gasteiger partial charge in [-0.3, -0.25) is 4.55 Å². The molecule has 23 heavy (non-hydrogen) atoms. The van der Waals surface area contributed by atoms with Crippen LogP contribution in [0.4, 0.5) is 0 Å². The second-order valence-electron chi connectivity index (χ2n) is 5.72. The molecular formula is C17H18O5S. The third kappa shape index (κ3) is 3.18. The van der Waals surface area contributed by atoms with E-state index in [4.69, 9.17) is 9.47 Å². The molecule has 2 aromatic carbocycles. The number of aryl methyl sites for hydroxylation is 1. The summed E-state index contributed by atoms with van der Waals surface area (Å²) in [7, 11) is -4.29. The molecule has 5 nitrogen and oxygen atoms in total. The first-order valence-electron chi connectivity index (χ1n) is 7.33. The van der Waals surface area contributed by atoms with Gasteiger partial charge in [0, 0.05) is 5.92 Å². The molecule has 6 heteroatoms. The third-order valence-electron chi connectivity index (χ3n) is 4.02. The zero-order valence-corrected chi connectivity index (χ0v) is 13.7. The van der Waals surface area contributed by atoms with Gasteiger partial charge in [-0.05, 0) is 30.7 Å². The van der Waals surface area contributed by atoms with Crippen LogP contribution in [0.15, 0.2) is 47.4 Å². The quantitative estimate of drug-likeness (QED) is 0.873. The molecular weight excluding hydrogens is 316 g/mol. The summed E-state index contributed by atoms with van der Waals surface area (Å²) in [5.41, 5.74) is 1.44. The van der Waals surface area contributed by atoms with Gasteiger partial charge in [0.2, 0.25) is 0 Å². The molecule has 0 aromatic heterocycles. The maximum absolute atomic E-state index is 11.6. The lowest BCUT2D eigenvalue weighted by molar-refractivity contribution is 0.0743. The van der Waals surface area contributed by atoms with E-state index in [2.05, 4.69) is 0 Å². The second-order valence-corrected chi connectivity index (χ2v) is 7.11. The van der Waals surface area contributed by atoms with Gasteiger partial charge in [0.25, 0.3) is 10.1 Å². The molecule has 1 aliphatic heterocycles. The zero-order valence-electron chi connectivity index (χ0n) is 12.9. The summed E-state index contributed by atoms with van der Waals surface area (Å²) >= 11 is 0. The monoisotopic (exact) mass is 334 g/mol. The molecule has 1 heterocycles. The standard InChI is InChI=1S/C17H18O5S/c1-11-7-8-17(23(18,19)20)13(9-11)12(2)16-10-21-14-5-3-4-6-15(14)22-16/h3-9,12,16H,10H2,1-2H3,(H,18,19,20). The Morgan fingerprint density at radius 1 is 1.17 bits per heavy atom. The van der Waals surface area contributed by atoms with Crippen LogP contribution in [-0.2, 0) is 10.1 Å². The van der Waals surface area contributed by atoms with E-state index in [-0.39, 0.29) is 16.9 Å². The van der Waals surface area contributed by atoms with Crippen LogP contribution in [0.2, 0.25) is 0 Å². The molecule has 0 bridgehead atoms. The zero-order chi connectivity index (χ0) is 16.6. The van der Waals surface area contributed by atoms with E-state index in [9.17, 15) is 13.0 Å². The Labute approximate surface area is 135 Å². The van der Waals surface area contributed by atoms with Crippen molar-refractivity contribution in [3.05, 3.63) is 53.6 Å². The average Bonchev–Trinajstić information content (AvgIpc) is 2.52. The molecule has 122 valence electrons. The lowest BCUT2D eigenvalue weighted by Gasteiger charge is -2.31. The molecule has 0 radical (unpaired) electrons. The number of para-hydroxylation sites is 2. The summed E-state index contributed by atoms with van der Waals surface area (Å²) in [5, 5.41) is 0. The molecule has 0 aliphatic carbocycles. The van der Waals surface area contributed by atoms with Gasteiger partial charge in [0.1, 0.15) is 12.7 Å². The number of ether oxygens (including phenoxy) is 2. The summed E-state index contributed by atoms with van der Waals surface area (Å²) in [6, 6.07) is 12.2. The molecule has 0 saturated carbocycles. The molecule has 2 aromatic rings. The molecule has 1 N–H and O–H groups in total. The lowest BCUT2D eigenvalue weighted by Crippen LogP contribution is -2.34. The topological polar surface area (TPSA) is 72.8 Å². The van der Waals surface area contributed by atoms with Gasteiger partial charge >= 0.3 is 0 Å². The molecule has 0 fully saturated rings. The van der Waals surface area contributed by atoms with E-state index in [0.717, 1.165) is 5.56 Å². The summed E-state index contributed by atoms with van der Waals surface area (Å²) in [6.07, 6.45) is -0.341. The fraction of sp³-hybridized carbons (Fsp3) is 0.294. The minimum Gasteiger partial charge on any atom is -0.486 e. The smallest absolute Gasteiger partial charge is 0.294 e. The van der Waals surface area contributed by atoms with Gasteiger partial charge in [-0.25, -0.2) is 0 Å². The van der Waals surface area contributed by atoms with Crippen molar-refractivity contribution in [2.75, 3.05) is 6.61 Å².